The van der Waals surface area contributed by atoms with Crippen LogP contribution in [0.1, 0.15) is 28.8 Å². The van der Waals surface area contributed by atoms with Crippen LogP contribution in [0, 0.1) is 6.92 Å². The van der Waals surface area contributed by atoms with Crippen molar-refractivity contribution in [1.82, 2.24) is 15.1 Å². The lowest BCUT2D eigenvalue weighted by atomic mass is 10.0. The van der Waals surface area contributed by atoms with Crippen molar-refractivity contribution in [2.45, 2.75) is 25.9 Å². The summed E-state index contributed by atoms with van der Waals surface area (Å²) in [5, 5.41) is 7.40. The maximum absolute atomic E-state index is 12.9. The lowest BCUT2D eigenvalue weighted by Gasteiger charge is -2.11. The van der Waals surface area contributed by atoms with Crippen LogP contribution in [0.15, 0.2) is 60.8 Å². The molecule has 3 aromatic rings. The fourth-order valence-corrected chi connectivity index (χ4v) is 3.57. The van der Waals surface area contributed by atoms with Gasteiger partial charge >= 0.3 is 5.97 Å². The fraction of sp³-hybridized carbons (Fsp3) is 0.292. The van der Waals surface area contributed by atoms with E-state index in [0.29, 0.717) is 17.8 Å². The van der Waals surface area contributed by atoms with E-state index in [1.54, 1.807) is 10.9 Å². The summed E-state index contributed by atoms with van der Waals surface area (Å²) in [4.78, 5) is 25.0. The molecule has 0 unspecified atom stereocenters. The van der Waals surface area contributed by atoms with Crippen molar-refractivity contribution >= 4 is 11.9 Å². The van der Waals surface area contributed by atoms with Gasteiger partial charge in [-0.1, -0.05) is 42.5 Å². The van der Waals surface area contributed by atoms with Gasteiger partial charge in [0.1, 0.15) is 11.3 Å². The molecule has 1 aliphatic rings. The molecule has 160 valence electrons. The number of aromatic nitrogens is 2. The first-order valence-corrected chi connectivity index (χ1v) is 10.4. The molecule has 7 heteroatoms. The van der Waals surface area contributed by atoms with Crippen molar-refractivity contribution < 1.29 is 19.1 Å². The first-order chi connectivity index (χ1) is 15.1. The number of rotatable bonds is 7. The zero-order chi connectivity index (χ0) is 21.6. The smallest absolute Gasteiger partial charge is 0.342 e. The zero-order valence-corrected chi connectivity index (χ0v) is 17.4. The molecule has 1 saturated heterocycles. The van der Waals surface area contributed by atoms with Gasteiger partial charge < -0.3 is 14.8 Å². The number of benzene rings is 2. The summed E-state index contributed by atoms with van der Waals surface area (Å²) in [6.07, 6.45) is 3.61. The van der Waals surface area contributed by atoms with Gasteiger partial charge in [0.25, 0.3) is 5.91 Å². The molecule has 0 bridgehead atoms. The molecule has 1 amide bonds. The Morgan fingerprint density at radius 3 is 2.68 bits per heavy atom. The summed E-state index contributed by atoms with van der Waals surface area (Å²) in [5.41, 5.74) is 3.48. The second-order valence-corrected chi connectivity index (χ2v) is 7.50. The number of hydrogen-bond donors (Lipinski definition) is 1. The Morgan fingerprint density at radius 2 is 1.94 bits per heavy atom. The third-order valence-corrected chi connectivity index (χ3v) is 5.24. The number of esters is 1. The van der Waals surface area contributed by atoms with Crippen LogP contribution in [0.25, 0.3) is 16.9 Å². The summed E-state index contributed by atoms with van der Waals surface area (Å²) >= 11 is 0. The maximum atomic E-state index is 12.9. The van der Waals surface area contributed by atoms with Crippen molar-refractivity contribution in [3.8, 4) is 16.9 Å². The summed E-state index contributed by atoms with van der Waals surface area (Å²) in [5.74, 6) is -0.940. The van der Waals surface area contributed by atoms with E-state index in [-0.39, 0.29) is 18.6 Å². The van der Waals surface area contributed by atoms with Crippen LogP contribution in [0.5, 0.6) is 0 Å². The second-order valence-electron chi connectivity index (χ2n) is 7.50. The average molecular weight is 419 g/mol. The second kappa shape index (κ2) is 9.57. The van der Waals surface area contributed by atoms with E-state index in [4.69, 9.17) is 9.47 Å². The molecule has 2 heterocycles. The zero-order valence-electron chi connectivity index (χ0n) is 17.4. The number of hydrogen-bond acceptors (Lipinski definition) is 5. The first kappa shape index (κ1) is 20.8. The Balaban J connectivity index is 1.51. The van der Waals surface area contributed by atoms with E-state index in [1.165, 1.54) is 0 Å². The van der Waals surface area contributed by atoms with E-state index in [1.807, 2.05) is 61.5 Å². The van der Waals surface area contributed by atoms with E-state index in [0.717, 1.165) is 36.3 Å². The Kier molecular flexibility index (Phi) is 6.43. The topological polar surface area (TPSA) is 82.5 Å². The van der Waals surface area contributed by atoms with Crippen LogP contribution in [0.2, 0.25) is 0 Å². The molecule has 0 saturated carbocycles. The van der Waals surface area contributed by atoms with Crippen LogP contribution < -0.4 is 5.32 Å². The Bertz CT molecular complexity index is 1060. The highest BCUT2D eigenvalue weighted by Gasteiger charge is 2.22. The Hall–Kier alpha value is -3.45. The van der Waals surface area contributed by atoms with Gasteiger partial charge in [0, 0.05) is 24.9 Å². The fourth-order valence-electron chi connectivity index (χ4n) is 3.57. The van der Waals surface area contributed by atoms with Crippen LogP contribution in [0.3, 0.4) is 0 Å². The Labute approximate surface area is 181 Å². The van der Waals surface area contributed by atoms with E-state index in [2.05, 4.69) is 10.4 Å². The number of carbonyl (C=O) groups excluding carboxylic acids is 2. The number of aryl methyl sites for hydroxylation is 1. The van der Waals surface area contributed by atoms with Crippen molar-refractivity contribution in [3.63, 3.8) is 0 Å². The van der Waals surface area contributed by atoms with Crippen LogP contribution in [-0.4, -0.2) is 47.5 Å². The number of nitrogens with one attached hydrogen (secondary N) is 1. The third-order valence-electron chi connectivity index (χ3n) is 5.24. The lowest BCUT2D eigenvalue weighted by Crippen LogP contribution is -2.34. The van der Waals surface area contributed by atoms with Gasteiger partial charge in [0.15, 0.2) is 6.61 Å². The summed E-state index contributed by atoms with van der Waals surface area (Å²) < 4.78 is 12.4. The van der Waals surface area contributed by atoms with E-state index < -0.39 is 5.97 Å². The highest BCUT2D eigenvalue weighted by Crippen LogP contribution is 2.27. The highest BCUT2D eigenvalue weighted by molar-refractivity contribution is 5.97. The molecule has 1 atom stereocenters. The van der Waals surface area contributed by atoms with Crippen molar-refractivity contribution in [3.05, 3.63) is 71.9 Å². The molecule has 1 N–H and O–H groups in total. The minimum absolute atomic E-state index is 0.0383. The molecule has 2 aromatic carbocycles. The normalized spacial score (nSPS) is 15.6. The number of ether oxygens (including phenoxy) is 2. The SMILES string of the molecule is Cc1ccccc1-c1nn(-c2ccccc2)cc1C(=O)OCC(=O)NC[C@@H]1CCCO1. The molecule has 1 fully saturated rings. The Morgan fingerprint density at radius 1 is 1.16 bits per heavy atom. The van der Waals surface area contributed by atoms with Crippen LogP contribution in [0.4, 0.5) is 0 Å². The number of amides is 1. The lowest BCUT2D eigenvalue weighted by molar-refractivity contribution is -0.124. The summed E-state index contributed by atoms with van der Waals surface area (Å²) in [6, 6.07) is 17.2. The third kappa shape index (κ3) is 5.00. The predicted molar refractivity (Wildman–Crippen MR) is 116 cm³/mol. The van der Waals surface area contributed by atoms with E-state index >= 15 is 0 Å². The van der Waals surface area contributed by atoms with Crippen molar-refractivity contribution in [2.75, 3.05) is 19.8 Å². The summed E-state index contributed by atoms with van der Waals surface area (Å²) in [6.45, 7) is 2.76. The van der Waals surface area contributed by atoms with Crippen molar-refractivity contribution in [1.29, 1.82) is 0 Å². The molecular weight excluding hydrogens is 394 g/mol. The monoisotopic (exact) mass is 419 g/mol. The highest BCUT2D eigenvalue weighted by atomic mass is 16.5. The predicted octanol–water partition coefficient (Wildman–Crippen LogP) is 3.30. The minimum atomic E-state index is -0.590. The van der Waals surface area contributed by atoms with Gasteiger partial charge in [0.05, 0.1) is 11.8 Å². The average Bonchev–Trinajstić information content (AvgIpc) is 3.47. The molecule has 7 nitrogen and oxygen atoms in total. The first-order valence-electron chi connectivity index (χ1n) is 10.4. The van der Waals surface area contributed by atoms with Gasteiger partial charge in [-0.25, -0.2) is 9.48 Å². The van der Waals surface area contributed by atoms with Gasteiger partial charge in [-0.2, -0.15) is 5.10 Å². The molecule has 0 spiro atoms. The van der Waals surface area contributed by atoms with Crippen LogP contribution in [-0.2, 0) is 14.3 Å². The van der Waals surface area contributed by atoms with Crippen LogP contribution >= 0.6 is 0 Å². The molecule has 4 rings (SSSR count). The largest absolute Gasteiger partial charge is 0.452 e. The standard InChI is InChI=1S/C24H25N3O4/c1-17-8-5-6-12-20(17)23-21(15-27(26-23)18-9-3-2-4-10-18)24(29)31-16-22(28)25-14-19-11-7-13-30-19/h2-6,8-10,12,15,19H,7,11,13-14,16H2,1H3,(H,25,28)/t19-/m0/s1. The molecule has 0 radical (unpaired) electrons. The molecule has 31 heavy (non-hydrogen) atoms. The number of carbonyl (C=O) groups is 2. The van der Waals surface area contributed by atoms with Gasteiger partial charge in [0.2, 0.25) is 0 Å². The van der Waals surface area contributed by atoms with E-state index in [9.17, 15) is 9.59 Å². The van der Waals surface area contributed by atoms with Gasteiger partial charge in [-0.3, -0.25) is 4.79 Å². The molecule has 1 aromatic heterocycles. The molecular formula is C24H25N3O4. The van der Waals surface area contributed by atoms with Gasteiger partial charge in [-0.15, -0.1) is 0 Å². The van der Waals surface area contributed by atoms with Gasteiger partial charge in [-0.05, 0) is 37.5 Å². The summed E-state index contributed by atoms with van der Waals surface area (Å²) in [7, 11) is 0. The number of para-hydroxylation sites is 1. The number of nitrogens with zero attached hydrogens (tertiary/aromatic N) is 2. The quantitative estimate of drug-likeness (QED) is 0.594. The maximum Gasteiger partial charge on any atom is 0.342 e. The molecule has 0 aliphatic carbocycles. The van der Waals surface area contributed by atoms with Crippen molar-refractivity contribution in [2.24, 2.45) is 0 Å². The molecule has 1 aliphatic heterocycles. The minimum Gasteiger partial charge on any atom is -0.452 e.